The van der Waals surface area contributed by atoms with E-state index in [-0.39, 0.29) is 11.7 Å². The second kappa shape index (κ2) is 7.40. The number of primary amides is 1. The summed E-state index contributed by atoms with van der Waals surface area (Å²) in [6.07, 6.45) is 1.73. The molecule has 2 N–H and O–H groups in total. The number of carbonyl (C=O) groups excluding carboxylic acids is 2. The van der Waals surface area contributed by atoms with Gasteiger partial charge in [-0.3, -0.25) is 9.59 Å². The summed E-state index contributed by atoms with van der Waals surface area (Å²) in [5, 5.41) is 0. The van der Waals surface area contributed by atoms with Crippen molar-refractivity contribution in [3.63, 3.8) is 0 Å². The Bertz CT molecular complexity index is 1060. The Morgan fingerprint density at radius 3 is 2.32 bits per heavy atom. The van der Waals surface area contributed by atoms with E-state index in [2.05, 4.69) is 0 Å². The van der Waals surface area contributed by atoms with Crippen molar-refractivity contribution in [1.82, 2.24) is 0 Å². The molecule has 0 atom stereocenters. The van der Waals surface area contributed by atoms with E-state index in [4.69, 9.17) is 10.5 Å². The van der Waals surface area contributed by atoms with Crippen molar-refractivity contribution in [3.05, 3.63) is 101 Å². The zero-order valence-corrected chi connectivity index (χ0v) is 15.0. The Labute approximate surface area is 162 Å². The van der Waals surface area contributed by atoms with Gasteiger partial charge in [0.05, 0.1) is 6.54 Å². The van der Waals surface area contributed by atoms with Crippen molar-refractivity contribution in [2.24, 2.45) is 5.73 Å². The smallest absolute Gasteiger partial charge is 0.294 e. The van der Waals surface area contributed by atoms with Gasteiger partial charge in [-0.2, -0.15) is 0 Å². The lowest BCUT2D eigenvalue weighted by atomic mass is 10.1. The van der Waals surface area contributed by atoms with Gasteiger partial charge in [0.2, 0.25) is 5.91 Å². The van der Waals surface area contributed by atoms with E-state index in [0.29, 0.717) is 23.5 Å². The largest absolute Gasteiger partial charge is 0.451 e. The number of ether oxygens (including phenoxy) is 1. The van der Waals surface area contributed by atoms with Crippen molar-refractivity contribution in [2.75, 3.05) is 4.90 Å². The van der Waals surface area contributed by atoms with Crippen LogP contribution in [0, 0.1) is 0 Å². The monoisotopic (exact) mass is 370 g/mol. The van der Waals surface area contributed by atoms with Gasteiger partial charge in [-0.1, -0.05) is 48.5 Å². The highest BCUT2D eigenvalue weighted by Crippen LogP contribution is 2.31. The number of hydrogen-bond donors (Lipinski definition) is 1. The highest BCUT2D eigenvalue weighted by atomic mass is 16.5. The number of amides is 2. The van der Waals surface area contributed by atoms with E-state index in [9.17, 15) is 9.59 Å². The third kappa shape index (κ3) is 3.50. The maximum atomic E-state index is 13.3. The summed E-state index contributed by atoms with van der Waals surface area (Å²) in [7, 11) is 0. The number of nitrogens with two attached hydrogens (primary N) is 1. The molecule has 0 aromatic heterocycles. The van der Waals surface area contributed by atoms with Crippen LogP contribution in [0.25, 0.3) is 6.08 Å². The van der Waals surface area contributed by atoms with E-state index >= 15 is 0 Å². The van der Waals surface area contributed by atoms with Crippen LogP contribution in [0.3, 0.4) is 0 Å². The molecule has 0 radical (unpaired) electrons. The molecule has 2 amide bonds. The predicted octanol–water partition coefficient (Wildman–Crippen LogP) is 3.75. The van der Waals surface area contributed by atoms with Crippen molar-refractivity contribution >= 4 is 23.6 Å². The third-order valence-electron chi connectivity index (χ3n) is 4.54. The summed E-state index contributed by atoms with van der Waals surface area (Å²) in [4.78, 5) is 26.2. The Hall–Kier alpha value is -3.86. The summed E-state index contributed by atoms with van der Waals surface area (Å²) in [6, 6.07) is 23.8. The van der Waals surface area contributed by atoms with Crippen LogP contribution in [0.4, 0.5) is 5.69 Å². The molecular formula is C23H18N2O3. The summed E-state index contributed by atoms with van der Waals surface area (Å²) >= 11 is 0. The van der Waals surface area contributed by atoms with Crippen LogP contribution in [0.15, 0.2) is 84.6 Å². The predicted molar refractivity (Wildman–Crippen MR) is 108 cm³/mol. The number of fused-ring (bicyclic) bond motifs is 1. The summed E-state index contributed by atoms with van der Waals surface area (Å²) in [6.45, 7) is 0.358. The van der Waals surface area contributed by atoms with Crippen molar-refractivity contribution in [2.45, 2.75) is 6.54 Å². The Balaban J connectivity index is 1.78. The molecule has 1 aliphatic rings. The number of benzene rings is 3. The molecule has 5 nitrogen and oxygen atoms in total. The summed E-state index contributed by atoms with van der Waals surface area (Å²) in [5.74, 6) is 0.114. The second-order valence-corrected chi connectivity index (χ2v) is 6.43. The molecule has 4 rings (SSSR count). The van der Waals surface area contributed by atoms with E-state index < -0.39 is 5.91 Å². The van der Waals surface area contributed by atoms with Gasteiger partial charge < -0.3 is 15.4 Å². The van der Waals surface area contributed by atoms with E-state index in [1.807, 2.05) is 54.6 Å². The lowest BCUT2D eigenvalue weighted by Gasteiger charge is -2.21. The number of anilines is 1. The first-order valence-electron chi connectivity index (χ1n) is 8.86. The van der Waals surface area contributed by atoms with Crippen LogP contribution in [-0.4, -0.2) is 11.8 Å². The molecule has 5 heteroatoms. The summed E-state index contributed by atoms with van der Waals surface area (Å²) in [5.41, 5.74) is 8.13. The summed E-state index contributed by atoms with van der Waals surface area (Å²) < 4.78 is 5.98. The molecule has 0 saturated heterocycles. The van der Waals surface area contributed by atoms with Gasteiger partial charge in [-0.05, 0) is 42.0 Å². The Morgan fingerprint density at radius 1 is 0.929 bits per heavy atom. The molecule has 0 bridgehead atoms. The fourth-order valence-electron chi connectivity index (χ4n) is 3.08. The standard InChI is InChI=1S/C23H18N2O3/c24-22(26)17-10-12-19(13-11-17)25-15-18-8-4-5-9-20(18)28-21(23(25)27)14-16-6-2-1-3-7-16/h1-14H,15H2,(H2,24,26)/b21-14-. The normalized spacial score (nSPS) is 14.9. The lowest BCUT2D eigenvalue weighted by Crippen LogP contribution is -2.31. The van der Waals surface area contributed by atoms with Crippen LogP contribution in [0.2, 0.25) is 0 Å². The quantitative estimate of drug-likeness (QED) is 0.714. The SMILES string of the molecule is NC(=O)c1ccc(N2Cc3ccccc3O/C(=C\c3ccccc3)C2=O)cc1. The highest BCUT2D eigenvalue weighted by molar-refractivity contribution is 6.08. The number of rotatable bonds is 3. The maximum Gasteiger partial charge on any atom is 0.294 e. The van der Waals surface area contributed by atoms with Crippen LogP contribution in [0.5, 0.6) is 5.75 Å². The van der Waals surface area contributed by atoms with Gasteiger partial charge in [-0.15, -0.1) is 0 Å². The molecule has 0 unspecified atom stereocenters. The molecule has 3 aromatic rings. The first-order chi connectivity index (χ1) is 13.6. The molecule has 0 fully saturated rings. The van der Waals surface area contributed by atoms with Crippen molar-refractivity contribution < 1.29 is 14.3 Å². The molecular weight excluding hydrogens is 352 g/mol. The molecule has 0 saturated carbocycles. The molecule has 0 aliphatic carbocycles. The molecule has 138 valence electrons. The fraction of sp³-hybridized carbons (Fsp3) is 0.0435. The topological polar surface area (TPSA) is 72.6 Å². The van der Waals surface area contributed by atoms with Gasteiger partial charge in [-0.25, -0.2) is 0 Å². The van der Waals surface area contributed by atoms with Crippen LogP contribution < -0.4 is 15.4 Å². The van der Waals surface area contributed by atoms with Gasteiger partial charge >= 0.3 is 0 Å². The fourth-order valence-corrected chi connectivity index (χ4v) is 3.08. The van der Waals surface area contributed by atoms with E-state index in [0.717, 1.165) is 11.1 Å². The van der Waals surface area contributed by atoms with Crippen LogP contribution >= 0.6 is 0 Å². The minimum absolute atomic E-state index is 0.232. The molecule has 0 spiro atoms. The van der Waals surface area contributed by atoms with Crippen LogP contribution in [-0.2, 0) is 11.3 Å². The molecule has 28 heavy (non-hydrogen) atoms. The average molecular weight is 370 g/mol. The first-order valence-corrected chi connectivity index (χ1v) is 8.86. The molecule has 3 aromatic carbocycles. The van der Waals surface area contributed by atoms with Crippen molar-refractivity contribution in [3.8, 4) is 5.75 Å². The highest BCUT2D eigenvalue weighted by Gasteiger charge is 2.27. The maximum absolute atomic E-state index is 13.3. The second-order valence-electron chi connectivity index (χ2n) is 6.43. The third-order valence-corrected chi connectivity index (χ3v) is 4.54. The van der Waals surface area contributed by atoms with E-state index in [1.165, 1.54) is 0 Å². The van der Waals surface area contributed by atoms with Crippen molar-refractivity contribution in [1.29, 1.82) is 0 Å². The number of carbonyl (C=O) groups is 2. The number of hydrogen-bond acceptors (Lipinski definition) is 3. The zero-order chi connectivity index (χ0) is 19.5. The van der Waals surface area contributed by atoms with Gasteiger partial charge in [0.1, 0.15) is 5.75 Å². The van der Waals surface area contributed by atoms with Crippen LogP contribution in [0.1, 0.15) is 21.5 Å². The number of para-hydroxylation sites is 1. The average Bonchev–Trinajstić information content (AvgIpc) is 2.86. The lowest BCUT2D eigenvalue weighted by molar-refractivity contribution is -0.116. The minimum atomic E-state index is -0.507. The minimum Gasteiger partial charge on any atom is -0.451 e. The first kappa shape index (κ1) is 17.5. The van der Waals surface area contributed by atoms with E-state index in [1.54, 1.807) is 35.2 Å². The Morgan fingerprint density at radius 2 is 1.61 bits per heavy atom. The van der Waals surface area contributed by atoms with Gasteiger partial charge in [0.25, 0.3) is 5.91 Å². The molecule has 1 heterocycles. The number of nitrogens with zero attached hydrogens (tertiary/aromatic N) is 1. The van der Waals surface area contributed by atoms with Gasteiger partial charge in [0, 0.05) is 16.8 Å². The molecule has 1 aliphatic heterocycles. The van der Waals surface area contributed by atoms with Gasteiger partial charge in [0.15, 0.2) is 5.76 Å². The zero-order valence-electron chi connectivity index (χ0n) is 15.0. The Kier molecular flexibility index (Phi) is 4.64.